The van der Waals surface area contributed by atoms with Gasteiger partial charge in [-0.2, -0.15) is 0 Å². The van der Waals surface area contributed by atoms with E-state index in [1.807, 2.05) is 13.2 Å². The molecule has 0 aliphatic heterocycles. The molecule has 0 spiro atoms. The van der Waals surface area contributed by atoms with Gasteiger partial charge >= 0.3 is 0 Å². The van der Waals surface area contributed by atoms with Crippen LogP contribution in [0.15, 0.2) is 29.6 Å². The number of aromatic nitrogens is 2. The van der Waals surface area contributed by atoms with Crippen LogP contribution in [-0.4, -0.2) is 22.1 Å². The van der Waals surface area contributed by atoms with Crippen LogP contribution in [0.25, 0.3) is 0 Å². The second kappa shape index (κ2) is 6.43. The van der Waals surface area contributed by atoms with Gasteiger partial charge in [0.1, 0.15) is 0 Å². The molecule has 1 amide bonds. The molecule has 104 valence electrons. The largest absolute Gasteiger partial charge is 0.320 e. The third-order valence-electron chi connectivity index (χ3n) is 2.64. The molecule has 0 aliphatic rings. The highest BCUT2D eigenvalue weighted by atomic mass is 35.5. The smallest absolute Gasteiger partial charge is 0.275 e. The van der Waals surface area contributed by atoms with Crippen LogP contribution in [0.5, 0.6) is 0 Å². The third-order valence-corrected chi connectivity index (χ3v) is 3.88. The van der Waals surface area contributed by atoms with E-state index >= 15 is 0 Å². The first-order valence-corrected chi connectivity index (χ1v) is 7.64. The molecule has 1 heterocycles. The standard InChI is InChI=1S/C13H11Cl2N3OS/c1-7-8(14)4-3-5-10(7)17-12(19)11-9(15)6-16-13(18-11)20-2/h3-6H,1-2H3,(H,17,19). The summed E-state index contributed by atoms with van der Waals surface area (Å²) in [4.78, 5) is 20.3. The van der Waals surface area contributed by atoms with Gasteiger partial charge in [0.25, 0.3) is 5.91 Å². The van der Waals surface area contributed by atoms with Crippen LogP contribution < -0.4 is 5.32 Å². The number of nitrogens with zero attached hydrogens (tertiary/aromatic N) is 2. The summed E-state index contributed by atoms with van der Waals surface area (Å²) >= 11 is 13.3. The second-order valence-corrected chi connectivity index (χ2v) is 5.51. The van der Waals surface area contributed by atoms with Crippen molar-refractivity contribution in [2.75, 3.05) is 11.6 Å². The van der Waals surface area contributed by atoms with Gasteiger partial charge in [0.05, 0.1) is 11.2 Å². The summed E-state index contributed by atoms with van der Waals surface area (Å²) in [6.45, 7) is 1.83. The first-order valence-electron chi connectivity index (χ1n) is 5.66. The lowest BCUT2D eigenvalue weighted by atomic mass is 10.2. The minimum atomic E-state index is -0.391. The molecule has 4 nitrogen and oxygen atoms in total. The van der Waals surface area contributed by atoms with Crippen LogP contribution in [0.2, 0.25) is 10.0 Å². The van der Waals surface area contributed by atoms with Gasteiger partial charge in [-0.25, -0.2) is 9.97 Å². The number of nitrogens with one attached hydrogen (secondary N) is 1. The molecule has 1 aromatic carbocycles. The Labute approximate surface area is 130 Å². The molecule has 0 saturated heterocycles. The number of halogens is 2. The first-order chi connectivity index (χ1) is 9.52. The Balaban J connectivity index is 2.30. The maximum atomic E-state index is 12.2. The van der Waals surface area contributed by atoms with Crippen LogP contribution in [0.3, 0.4) is 0 Å². The van der Waals surface area contributed by atoms with Gasteiger partial charge in [-0.05, 0) is 30.9 Å². The topological polar surface area (TPSA) is 54.9 Å². The summed E-state index contributed by atoms with van der Waals surface area (Å²) in [5.41, 5.74) is 1.56. The molecular formula is C13H11Cl2N3OS. The summed E-state index contributed by atoms with van der Waals surface area (Å²) in [6.07, 6.45) is 3.24. The summed E-state index contributed by atoms with van der Waals surface area (Å²) < 4.78 is 0. The van der Waals surface area contributed by atoms with Gasteiger partial charge in [-0.15, -0.1) is 0 Å². The van der Waals surface area contributed by atoms with E-state index in [1.165, 1.54) is 18.0 Å². The van der Waals surface area contributed by atoms with Gasteiger partial charge < -0.3 is 5.32 Å². The number of anilines is 1. The monoisotopic (exact) mass is 327 g/mol. The van der Waals surface area contributed by atoms with Crippen LogP contribution in [-0.2, 0) is 0 Å². The van der Waals surface area contributed by atoms with Gasteiger partial charge in [0, 0.05) is 10.7 Å². The van der Waals surface area contributed by atoms with Crippen molar-refractivity contribution < 1.29 is 4.79 Å². The number of hydrogen-bond donors (Lipinski definition) is 1. The minimum absolute atomic E-state index is 0.144. The Morgan fingerprint density at radius 2 is 2.05 bits per heavy atom. The predicted octanol–water partition coefficient (Wildman–Crippen LogP) is 4.07. The average molecular weight is 328 g/mol. The molecule has 7 heteroatoms. The minimum Gasteiger partial charge on any atom is -0.320 e. The Morgan fingerprint density at radius 1 is 1.30 bits per heavy atom. The Kier molecular flexibility index (Phi) is 4.86. The van der Waals surface area contributed by atoms with Crippen LogP contribution in [0.1, 0.15) is 16.1 Å². The Bertz CT molecular complexity index is 664. The number of benzene rings is 1. The van der Waals surface area contributed by atoms with Crippen molar-refractivity contribution in [3.63, 3.8) is 0 Å². The van der Waals surface area contributed by atoms with E-state index in [4.69, 9.17) is 23.2 Å². The normalized spacial score (nSPS) is 10.4. The SMILES string of the molecule is CSc1ncc(Cl)c(C(=O)Nc2cccc(Cl)c2C)n1. The molecule has 0 bridgehead atoms. The zero-order valence-electron chi connectivity index (χ0n) is 10.8. The molecule has 20 heavy (non-hydrogen) atoms. The zero-order chi connectivity index (χ0) is 14.7. The fourth-order valence-electron chi connectivity index (χ4n) is 1.53. The van der Waals surface area contributed by atoms with E-state index < -0.39 is 5.91 Å². The van der Waals surface area contributed by atoms with Crippen molar-refractivity contribution in [1.29, 1.82) is 0 Å². The Morgan fingerprint density at radius 3 is 2.75 bits per heavy atom. The number of hydrogen-bond acceptors (Lipinski definition) is 4. The second-order valence-electron chi connectivity index (χ2n) is 3.92. The average Bonchev–Trinajstić information content (AvgIpc) is 2.44. The third kappa shape index (κ3) is 3.23. The van der Waals surface area contributed by atoms with Crippen LogP contribution >= 0.6 is 35.0 Å². The van der Waals surface area contributed by atoms with Crippen molar-refractivity contribution in [1.82, 2.24) is 9.97 Å². The quantitative estimate of drug-likeness (QED) is 0.682. The molecule has 0 atom stereocenters. The molecule has 2 aromatic rings. The van der Waals surface area contributed by atoms with Crippen LogP contribution in [0, 0.1) is 6.92 Å². The molecule has 0 fully saturated rings. The highest BCUT2D eigenvalue weighted by molar-refractivity contribution is 7.98. The summed E-state index contributed by atoms with van der Waals surface area (Å²) in [6, 6.07) is 5.29. The van der Waals surface area contributed by atoms with Crippen molar-refractivity contribution in [2.45, 2.75) is 12.1 Å². The van der Waals surface area contributed by atoms with Gasteiger partial charge in [0.15, 0.2) is 10.9 Å². The van der Waals surface area contributed by atoms with Crippen LogP contribution in [0.4, 0.5) is 5.69 Å². The lowest BCUT2D eigenvalue weighted by molar-refractivity contribution is 0.102. The van der Waals surface area contributed by atoms with Gasteiger partial charge in [-0.3, -0.25) is 4.79 Å². The molecule has 2 rings (SSSR count). The summed E-state index contributed by atoms with van der Waals surface area (Å²) in [5, 5.41) is 4.03. The van der Waals surface area contributed by atoms with Gasteiger partial charge in [0.2, 0.25) is 0 Å². The number of amides is 1. The fourth-order valence-corrected chi connectivity index (χ4v) is 2.23. The maximum Gasteiger partial charge on any atom is 0.275 e. The lowest BCUT2D eigenvalue weighted by Gasteiger charge is -2.10. The molecular weight excluding hydrogens is 317 g/mol. The van der Waals surface area contributed by atoms with E-state index in [-0.39, 0.29) is 10.7 Å². The molecule has 0 unspecified atom stereocenters. The fraction of sp³-hybridized carbons (Fsp3) is 0.154. The van der Waals surface area contributed by atoms with E-state index in [0.29, 0.717) is 15.9 Å². The maximum absolute atomic E-state index is 12.2. The first kappa shape index (κ1) is 15.1. The van der Waals surface area contributed by atoms with Crippen molar-refractivity contribution >= 4 is 46.6 Å². The summed E-state index contributed by atoms with van der Waals surface area (Å²) in [5.74, 6) is -0.391. The van der Waals surface area contributed by atoms with Crippen molar-refractivity contribution in [3.05, 3.63) is 45.7 Å². The van der Waals surface area contributed by atoms with E-state index in [2.05, 4.69) is 15.3 Å². The highest BCUT2D eigenvalue weighted by Crippen LogP contribution is 2.24. The van der Waals surface area contributed by atoms with E-state index in [0.717, 1.165) is 5.56 Å². The molecule has 0 saturated carbocycles. The molecule has 0 aliphatic carbocycles. The van der Waals surface area contributed by atoms with E-state index in [9.17, 15) is 4.79 Å². The zero-order valence-corrected chi connectivity index (χ0v) is 13.1. The van der Waals surface area contributed by atoms with Gasteiger partial charge in [-0.1, -0.05) is 41.0 Å². The van der Waals surface area contributed by atoms with E-state index in [1.54, 1.807) is 18.2 Å². The van der Waals surface area contributed by atoms with Crippen molar-refractivity contribution in [2.24, 2.45) is 0 Å². The molecule has 1 aromatic heterocycles. The van der Waals surface area contributed by atoms with Crippen molar-refractivity contribution in [3.8, 4) is 0 Å². The molecule has 1 N–H and O–H groups in total. The Hall–Kier alpha value is -1.30. The summed E-state index contributed by atoms with van der Waals surface area (Å²) in [7, 11) is 0. The molecule has 0 radical (unpaired) electrons. The number of carbonyl (C=O) groups excluding carboxylic acids is 1. The predicted molar refractivity (Wildman–Crippen MR) is 83.0 cm³/mol. The number of carbonyl (C=O) groups is 1. The number of thioether (sulfide) groups is 1. The highest BCUT2D eigenvalue weighted by Gasteiger charge is 2.15. The number of rotatable bonds is 3. The lowest BCUT2D eigenvalue weighted by Crippen LogP contribution is -2.16.